The third-order valence-electron chi connectivity index (χ3n) is 3.88. The molecule has 0 aliphatic rings. The first-order valence-corrected chi connectivity index (χ1v) is 8.43. The highest BCUT2D eigenvalue weighted by Gasteiger charge is 2.23. The lowest BCUT2D eigenvalue weighted by Gasteiger charge is -2.30. The van der Waals surface area contributed by atoms with Crippen molar-refractivity contribution in [1.82, 2.24) is 10.6 Å². The molecule has 2 heteroatoms. The zero-order valence-electron chi connectivity index (χ0n) is 13.8. The maximum absolute atomic E-state index is 3.73. The summed E-state index contributed by atoms with van der Waals surface area (Å²) in [6.07, 6.45) is 2.28. The molecular formula is C20H28N2. The quantitative estimate of drug-likeness (QED) is 0.713. The first-order valence-electron chi connectivity index (χ1n) is 8.43. The molecule has 2 rings (SSSR count). The Morgan fingerprint density at radius 3 is 1.32 bits per heavy atom. The van der Waals surface area contributed by atoms with Gasteiger partial charge < -0.3 is 10.6 Å². The Hall–Kier alpha value is -1.64. The van der Waals surface area contributed by atoms with Crippen molar-refractivity contribution in [3.8, 4) is 0 Å². The highest BCUT2D eigenvalue weighted by Crippen LogP contribution is 2.28. The van der Waals surface area contributed by atoms with E-state index in [2.05, 4.69) is 85.1 Å². The number of hydrogen-bond acceptors (Lipinski definition) is 2. The van der Waals surface area contributed by atoms with Gasteiger partial charge >= 0.3 is 0 Å². The zero-order chi connectivity index (χ0) is 15.6. The van der Waals surface area contributed by atoms with Gasteiger partial charge in [0.05, 0.1) is 12.1 Å². The maximum atomic E-state index is 3.73. The van der Waals surface area contributed by atoms with Crippen molar-refractivity contribution in [1.29, 1.82) is 0 Å². The van der Waals surface area contributed by atoms with Gasteiger partial charge in [0.15, 0.2) is 0 Å². The van der Waals surface area contributed by atoms with Gasteiger partial charge in [0.2, 0.25) is 0 Å². The van der Waals surface area contributed by atoms with Gasteiger partial charge in [0.25, 0.3) is 0 Å². The van der Waals surface area contributed by atoms with Gasteiger partial charge in [0.1, 0.15) is 0 Å². The van der Waals surface area contributed by atoms with Gasteiger partial charge in [-0.1, -0.05) is 74.5 Å². The van der Waals surface area contributed by atoms with E-state index < -0.39 is 0 Å². The van der Waals surface area contributed by atoms with Crippen molar-refractivity contribution in [3.63, 3.8) is 0 Å². The normalized spacial score (nSPS) is 13.7. The standard InChI is InChI=1S/C20H28N2/c1-3-15-21-19(17-11-7-5-8-12-17)20(22-16-4-2)18-13-9-6-10-14-18/h5-14,19-22H,3-4,15-16H2,1-2H3/t19-,20-/m0/s1. The van der Waals surface area contributed by atoms with Crippen LogP contribution in [0.25, 0.3) is 0 Å². The van der Waals surface area contributed by atoms with Crippen molar-refractivity contribution in [2.24, 2.45) is 0 Å². The second kappa shape index (κ2) is 9.39. The number of nitrogens with one attached hydrogen (secondary N) is 2. The molecule has 0 saturated heterocycles. The van der Waals surface area contributed by atoms with Crippen LogP contribution in [0.3, 0.4) is 0 Å². The minimum atomic E-state index is 0.287. The van der Waals surface area contributed by atoms with Crippen LogP contribution < -0.4 is 10.6 Å². The van der Waals surface area contributed by atoms with Crippen molar-refractivity contribution in [2.75, 3.05) is 13.1 Å². The van der Waals surface area contributed by atoms with Gasteiger partial charge in [-0.2, -0.15) is 0 Å². The third kappa shape index (κ3) is 4.69. The summed E-state index contributed by atoms with van der Waals surface area (Å²) in [6.45, 7) is 6.48. The molecule has 0 fully saturated rings. The number of benzene rings is 2. The van der Waals surface area contributed by atoms with Crippen LogP contribution >= 0.6 is 0 Å². The molecule has 0 saturated carbocycles. The van der Waals surface area contributed by atoms with Gasteiger partial charge in [-0.05, 0) is 37.1 Å². The Labute approximate surface area is 135 Å². The van der Waals surface area contributed by atoms with Crippen molar-refractivity contribution in [3.05, 3.63) is 71.8 Å². The topological polar surface area (TPSA) is 24.1 Å². The van der Waals surface area contributed by atoms with Crippen LogP contribution in [0.4, 0.5) is 0 Å². The van der Waals surface area contributed by atoms with E-state index in [0.717, 1.165) is 25.9 Å². The van der Waals surface area contributed by atoms with Crippen LogP contribution in [0.2, 0.25) is 0 Å². The molecule has 0 amide bonds. The summed E-state index contributed by atoms with van der Waals surface area (Å²) in [6, 6.07) is 22.1. The molecule has 0 spiro atoms. The fourth-order valence-corrected chi connectivity index (χ4v) is 2.78. The average molecular weight is 296 g/mol. The molecule has 0 aliphatic heterocycles. The molecule has 2 aromatic rings. The number of rotatable bonds is 9. The maximum Gasteiger partial charge on any atom is 0.0518 e. The molecular weight excluding hydrogens is 268 g/mol. The summed E-state index contributed by atoms with van der Waals surface area (Å²) in [5.74, 6) is 0. The molecule has 22 heavy (non-hydrogen) atoms. The minimum Gasteiger partial charge on any atom is -0.308 e. The molecule has 2 nitrogen and oxygen atoms in total. The molecule has 2 atom stereocenters. The molecule has 0 radical (unpaired) electrons. The first kappa shape index (κ1) is 16.7. The van der Waals surface area contributed by atoms with E-state index in [-0.39, 0.29) is 12.1 Å². The first-order chi connectivity index (χ1) is 10.9. The molecule has 0 unspecified atom stereocenters. The molecule has 0 bridgehead atoms. The van der Waals surface area contributed by atoms with Crippen LogP contribution in [0.5, 0.6) is 0 Å². The van der Waals surface area contributed by atoms with Crippen molar-refractivity contribution in [2.45, 2.75) is 38.8 Å². The lowest BCUT2D eigenvalue weighted by atomic mass is 9.93. The fourth-order valence-electron chi connectivity index (χ4n) is 2.78. The average Bonchev–Trinajstić information content (AvgIpc) is 2.59. The van der Waals surface area contributed by atoms with E-state index >= 15 is 0 Å². The molecule has 0 aromatic heterocycles. The summed E-state index contributed by atoms with van der Waals surface area (Å²) in [7, 11) is 0. The Bertz CT molecular complexity index is 460. The lowest BCUT2D eigenvalue weighted by Crippen LogP contribution is -2.36. The van der Waals surface area contributed by atoms with Gasteiger partial charge in [-0.3, -0.25) is 0 Å². The SMILES string of the molecule is CCCN[C@@H](c1ccccc1)[C@@H](NCCC)c1ccccc1. The largest absolute Gasteiger partial charge is 0.308 e. The van der Waals surface area contributed by atoms with Gasteiger partial charge in [-0.25, -0.2) is 0 Å². The Balaban J connectivity index is 2.30. The van der Waals surface area contributed by atoms with E-state index in [9.17, 15) is 0 Å². The van der Waals surface area contributed by atoms with Crippen LogP contribution in [0.15, 0.2) is 60.7 Å². The Morgan fingerprint density at radius 2 is 1.00 bits per heavy atom. The van der Waals surface area contributed by atoms with E-state index in [1.807, 2.05) is 0 Å². The Kier molecular flexibility index (Phi) is 7.14. The van der Waals surface area contributed by atoms with Crippen LogP contribution in [-0.4, -0.2) is 13.1 Å². The summed E-state index contributed by atoms with van der Waals surface area (Å²) < 4.78 is 0. The summed E-state index contributed by atoms with van der Waals surface area (Å²) in [5.41, 5.74) is 2.68. The second-order valence-corrected chi connectivity index (χ2v) is 5.68. The van der Waals surface area contributed by atoms with E-state index in [4.69, 9.17) is 0 Å². The highest BCUT2D eigenvalue weighted by atomic mass is 15.0. The predicted molar refractivity (Wildman–Crippen MR) is 95.0 cm³/mol. The zero-order valence-corrected chi connectivity index (χ0v) is 13.8. The van der Waals surface area contributed by atoms with Gasteiger partial charge in [-0.15, -0.1) is 0 Å². The summed E-state index contributed by atoms with van der Waals surface area (Å²) >= 11 is 0. The third-order valence-corrected chi connectivity index (χ3v) is 3.88. The monoisotopic (exact) mass is 296 g/mol. The molecule has 0 heterocycles. The highest BCUT2D eigenvalue weighted by molar-refractivity contribution is 5.27. The summed E-state index contributed by atoms with van der Waals surface area (Å²) in [5, 5.41) is 7.46. The van der Waals surface area contributed by atoms with E-state index in [1.165, 1.54) is 11.1 Å². The smallest absolute Gasteiger partial charge is 0.0518 e. The molecule has 2 N–H and O–H groups in total. The van der Waals surface area contributed by atoms with Crippen LogP contribution in [-0.2, 0) is 0 Å². The van der Waals surface area contributed by atoms with E-state index in [0.29, 0.717) is 0 Å². The molecule has 118 valence electrons. The van der Waals surface area contributed by atoms with E-state index in [1.54, 1.807) is 0 Å². The lowest BCUT2D eigenvalue weighted by molar-refractivity contribution is 0.385. The fraction of sp³-hybridized carbons (Fsp3) is 0.400. The Morgan fingerprint density at radius 1 is 0.636 bits per heavy atom. The second-order valence-electron chi connectivity index (χ2n) is 5.68. The van der Waals surface area contributed by atoms with Crippen LogP contribution in [0, 0.1) is 0 Å². The summed E-state index contributed by atoms with van der Waals surface area (Å²) in [4.78, 5) is 0. The van der Waals surface area contributed by atoms with Gasteiger partial charge in [0, 0.05) is 0 Å². The number of hydrogen-bond donors (Lipinski definition) is 2. The molecule has 2 aromatic carbocycles. The predicted octanol–water partition coefficient (Wildman–Crippen LogP) is 4.47. The minimum absolute atomic E-state index is 0.287. The molecule has 0 aliphatic carbocycles. The van der Waals surface area contributed by atoms with Crippen LogP contribution in [0.1, 0.15) is 49.9 Å². The van der Waals surface area contributed by atoms with Crippen molar-refractivity contribution < 1.29 is 0 Å². The van der Waals surface area contributed by atoms with Crippen molar-refractivity contribution >= 4 is 0 Å².